The second kappa shape index (κ2) is 7.88. The van der Waals surface area contributed by atoms with Gasteiger partial charge in [0, 0.05) is 5.54 Å². The fraction of sp³-hybridized carbons (Fsp3) is 0.111. The first-order valence-corrected chi connectivity index (χ1v) is 12.3. The summed E-state index contributed by atoms with van der Waals surface area (Å²) in [5, 5.41) is 5.39. The predicted octanol–water partition coefficient (Wildman–Crippen LogP) is 5.38. The summed E-state index contributed by atoms with van der Waals surface area (Å²) >= 11 is 0. The summed E-state index contributed by atoms with van der Waals surface area (Å²) in [6, 6.07) is 37.3. The van der Waals surface area contributed by atoms with Crippen LogP contribution in [0.4, 0.5) is 0 Å². The highest BCUT2D eigenvalue weighted by Crippen LogP contribution is 2.29. The van der Waals surface area contributed by atoms with Crippen LogP contribution in [0.25, 0.3) is 10.8 Å². The Bertz CT molecular complexity index is 1090. The van der Waals surface area contributed by atoms with E-state index in [1.165, 1.54) is 26.7 Å². The zero-order valence-corrected chi connectivity index (χ0v) is 17.4. The quantitative estimate of drug-likeness (QED) is 0.331. The summed E-state index contributed by atoms with van der Waals surface area (Å²) < 4.78 is 0. The predicted molar refractivity (Wildman–Crippen MR) is 124 cm³/mol. The molecule has 136 valence electrons. The van der Waals surface area contributed by atoms with Crippen LogP contribution in [-0.2, 0) is 0 Å². The smallest absolute Gasteiger partial charge is 0.106 e. The molecule has 0 heterocycles. The molecule has 0 spiro atoms. The first-order valence-electron chi connectivity index (χ1n) is 9.75. The molecule has 0 aliphatic heterocycles. The van der Waals surface area contributed by atoms with Gasteiger partial charge in [0.25, 0.3) is 0 Å². The number of benzene rings is 4. The van der Waals surface area contributed by atoms with Crippen molar-refractivity contribution < 1.29 is 0 Å². The first kappa shape index (κ1) is 18.3. The Hall–Kier alpha value is -3.08. The van der Waals surface area contributed by atoms with Gasteiger partial charge in [-0.05, 0) is 23.3 Å². The molecule has 4 rings (SSSR count). The van der Waals surface area contributed by atoms with Gasteiger partial charge in [-0.15, -0.1) is 5.92 Å². The number of hydrogen-bond acceptors (Lipinski definition) is 0. The van der Waals surface area contributed by atoms with Crippen LogP contribution in [0.1, 0.15) is 18.0 Å². The number of hydrogen-bond donors (Lipinski definition) is 0. The Balaban J connectivity index is 1.96. The molecule has 4 aromatic carbocycles. The van der Waals surface area contributed by atoms with Crippen molar-refractivity contribution in [1.29, 1.82) is 0 Å². The van der Waals surface area contributed by atoms with Crippen molar-refractivity contribution in [3.05, 3.63) is 109 Å². The Morgan fingerprint density at radius 3 is 1.75 bits per heavy atom. The zero-order chi connectivity index (χ0) is 19.4. The maximum atomic E-state index is 3.61. The average molecular weight is 377 g/mol. The van der Waals surface area contributed by atoms with Gasteiger partial charge in [-0.1, -0.05) is 126 Å². The van der Waals surface area contributed by atoms with E-state index in [0.717, 1.165) is 0 Å². The van der Waals surface area contributed by atoms with Gasteiger partial charge in [-0.3, -0.25) is 0 Å². The highest BCUT2D eigenvalue weighted by atomic mass is 28.3. The van der Waals surface area contributed by atoms with Crippen molar-refractivity contribution in [2.75, 3.05) is 0 Å². The van der Waals surface area contributed by atoms with Gasteiger partial charge in [-0.25, -0.2) is 0 Å². The Morgan fingerprint density at radius 2 is 1.18 bits per heavy atom. The topological polar surface area (TPSA) is 0 Å². The molecule has 0 nitrogen and oxygen atoms in total. The summed E-state index contributed by atoms with van der Waals surface area (Å²) in [4.78, 5) is 0. The van der Waals surface area contributed by atoms with E-state index in [2.05, 4.69) is 122 Å². The maximum absolute atomic E-state index is 3.61. The molecule has 0 unspecified atom stereocenters. The highest BCUT2D eigenvalue weighted by Gasteiger charge is 2.40. The Kier molecular flexibility index (Phi) is 5.15. The van der Waals surface area contributed by atoms with E-state index in [1.54, 1.807) is 0 Å². The first-order chi connectivity index (χ1) is 13.7. The summed E-state index contributed by atoms with van der Waals surface area (Å²) in [5.41, 5.74) is 1.50. The van der Waals surface area contributed by atoms with Crippen molar-refractivity contribution in [2.45, 2.75) is 19.0 Å². The lowest BCUT2D eigenvalue weighted by Gasteiger charge is -2.34. The summed E-state index contributed by atoms with van der Waals surface area (Å²) in [6.45, 7) is 4.42. The standard InChI is InChI=1S/C27H24Si/c1-3-12-27(24-20-19-22-13-10-11-14-23(22)21-24)28(2,25-15-6-4-7-16-25)26-17-8-5-9-18-26/h4-11,13-21,27H,1-2H3/t27-/m0/s1. The monoisotopic (exact) mass is 376 g/mol. The van der Waals surface area contributed by atoms with Crippen LogP contribution < -0.4 is 10.4 Å². The summed E-state index contributed by atoms with van der Waals surface area (Å²) in [5.74, 6) is 6.86. The van der Waals surface area contributed by atoms with E-state index in [1.807, 2.05) is 6.92 Å². The van der Waals surface area contributed by atoms with Crippen LogP contribution in [0.2, 0.25) is 6.55 Å². The van der Waals surface area contributed by atoms with E-state index >= 15 is 0 Å². The van der Waals surface area contributed by atoms with Gasteiger partial charge in [0.2, 0.25) is 0 Å². The van der Waals surface area contributed by atoms with Crippen molar-refractivity contribution in [3.8, 4) is 11.8 Å². The van der Waals surface area contributed by atoms with Crippen molar-refractivity contribution in [2.24, 2.45) is 0 Å². The third-order valence-electron chi connectivity index (χ3n) is 5.72. The van der Waals surface area contributed by atoms with Crippen molar-refractivity contribution in [3.63, 3.8) is 0 Å². The minimum absolute atomic E-state index is 0.187. The third-order valence-corrected chi connectivity index (χ3v) is 10.4. The lowest BCUT2D eigenvalue weighted by molar-refractivity contribution is 1.20. The van der Waals surface area contributed by atoms with Gasteiger partial charge in [-0.2, -0.15) is 0 Å². The van der Waals surface area contributed by atoms with Crippen LogP contribution in [0, 0.1) is 11.8 Å². The Labute approximate surface area is 168 Å². The van der Waals surface area contributed by atoms with Gasteiger partial charge < -0.3 is 0 Å². The fourth-order valence-electron chi connectivity index (χ4n) is 4.16. The molecule has 0 aliphatic carbocycles. The van der Waals surface area contributed by atoms with Crippen LogP contribution in [-0.4, -0.2) is 8.07 Å². The molecule has 0 aromatic heterocycles. The SMILES string of the molecule is CC#C[C@@H](c1ccc2ccccc2c1)[Si](C)(c1ccccc1)c1ccccc1. The summed E-state index contributed by atoms with van der Waals surface area (Å²) in [7, 11) is -2.15. The molecule has 1 heteroatoms. The molecule has 0 N–H and O–H groups in total. The van der Waals surface area contributed by atoms with E-state index in [9.17, 15) is 0 Å². The molecule has 0 radical (unpaired) electrons. The molecule has 1 atom stereocenters. The van der Waals surface area contributed by atoms with Crippen LogP contribution >= 0.6 is 0 Å². The summed E-state index contributed by atoms with van der Waals surface area (Å²) in [6.07, 6.45) is 0. The lowest BCUT2D eigenvalue weighted by atomic mass is 10.0. The molecule has 0 saturated carbocycles. The molecule has 0 bridgehead atoms. The molecule has 0 amide bonds. The third kappa shape index (κ3) is 3.28. The van der Waals surface area contributed by atoms with Crippen LogP contribution in [0.15, 0.2) is 103 Å². The van der Waals surface area contributed by atoms with Crippen LogP contribution in [0.5, 0.6) is 0 Å². The molecular weight excluding hydrogens is 352 g/mol. The minimum Gasteiger partial charge on any atom is -0.106 e. The fourth-order valence-corrected chi connectivity index (χ4v) is 8.21. The molecule has 0 saturated heterocycles. The van der Waals surface area contributed by atoms with Gasteiger partial charge in [0.15, 0.2) is 0 Å². The van der Waals surface area contributed by atoms with Crippen molar-refractivity contribution >= 4 is 29.2 Å². The van der Waals surface area contributed by atoms with Gasteiger partial charge in [0.1, 0.15) is 8.07 Å². The normalized spacial score (nSPS) is 12.2. The molecular formula is C27H24Si. The van der Waals surface area contributed by atoms with E-state index in [0.29, 0.717) is 0 Å². The zero-order valence-electron chi connectivity index (χ0n) is 16.4. The lowest BCUT2D eigenvalue weighted by Crippen LogP contribution is -2.60. The van der Waals surface area contributed by atoms with E-state index in [4.69, 9.17) is 0 Å². The Morgan fingerprint density at radius 1 is 0.643 bits per heavy atom. The highest BCUT2D eigenvalue weighted by molar-refractivity contribution is 7.02. The second-order valence-corrected chi connectivity index (χ2v) is 11.5. The molecule has 4 aromatic rings. The second-order valence-electron chi connectivity index (χ2n) is 7.37. The minimum atomic E-state index is -2.15. The molecule has 28 heavy (non-hydrogen) atoms. The largest absolute Gasteiger partial charge is 0.134 e. The van der Waals surface area contributed by atoms with Crippen LogP contribution in [0.3, 0.4) is 0 Å². The molecule has 0 aliphatic rings. The van der Waals surface area contributed by atoms with E-state index < -0.39 is 8.07 Å². The average Bonchev–Trinajstić information content (AvgIpc) is 2.78. The number of rotatable bonds is 4. The molecule has 0 fully saturated rings. The van der Waals surface area contributed by atoms with E-state index in [-0.39, 0.29) is 5.54 Å². The maximum Gasteiger partial charge on any atom is 0.134 e. The van der Waals surface area contributed by atoms with Gasteiger partial charge >= 0.3 is 0 Å². The van der Waals surface area contributed by atoms with Gasteiger partial charge in [0.05, 0.1) is 0 Å². The number of fused-ring (bicyclic) bond motifs is 1. The van der Waals surface area contributed by atoms with Crippen molar-refractivity contribution in [1.82, 2.24) is 0 Å².